The maximum Gasteiger partial charge on any atom is 0.419 e. The van der Waals surface area contributed by atoms with Gasteiger partial charge in [0.15, 0.2) is 0 Å². The number of benzene rings is 1. The third kappa shape index (κ3) is 6.33. The van der Waals surface area contributed by atoms with Gasteiger partial charge in [-0.2, -0.15) is 13.2 Å². The Hall–Kier alpha value is -1.30. The first-order valence-electron chi connectivity index (χ1n) is 6.77. The molecule has 1 aromatic rings. The van der Waals surface area contributed by atoms with E-state index in [1.165, 1.54) is 6.07 Å². The lowest BCUT2D eigenvalue weighted by Crippen LogP contribution is -2.35. The van der Waals surface area contributed by atoms with Gasteiger partial charge in [-0.15, -0.1) is 0 Å². The Bertz CT molecular complexity index is 452. The van der Waals surface area contributed by atoms with Crippen molar-refractivity contribution in [1.29, 1.82) is 0 Å². The van der Waals surface area contributed by atoms with E-state index in [0.717, 1.165) is 6.07 Å². The van der Waals surface area contributed by atoms with Gasteiger partial charge >= 0.3 is 6.18 Å². The van der Waals surface area contributed by atoms with Gasteiger partial charge in [0.1, 0.15) is 5.75 Å². The van der Waals surface area contributed by atoms with Gasteiger partial charge < -0.3 is 10.1 Å². The maximum atomic E-state index is 13.0. The summed E-state index contributed by atoms with van der Waals surface area (Å²) in [5.41, 5.74) is -0.487. The molecule has 120 valence electrons. The van der Waals surface area contributed by atoms with Crippen LogP contribution in [0.25, 0.3) is 0 Å². The van der Waals surface area contributed by atoms with Crippen LogP contribution in [0.2, 0.25) is 0 Å². The topological polar surface area (TPSA) is 21.3 Å². The van der Waals surface area contributed by atoms with E-state index in [1.807, 2.05) is 20.8 Å². The Morgan fingerprint density at radius 3 is 2.33 bits per heavy atom. The van der Waals surface area contributed by atoms with Crippen molar-refractivity contribution in [2.24, 2.45) is 0 Å². The lowest BCUT2D eigenvalue weighted by Gasteiger charge is -2.21. The van der Waals surface area contributed by atoms with E-state index in [2.05, 4.69) is 5.32 Å². The zero-order chi connectivity index (χ0) is 16.1. The number of rotatable bonds is 6. The smallest absolute Gasteiger partial charge is 0.419 e. The zero-order valence-corrected chi connectivity index (χ0v) is 12.5. The van der Waals surface area contributed by atoms with E-state index >= 15 is 0 Å². The SMILES string of the molecule is CC(C)(C)NCc1ccc(OCCCF)c(C(F)(F)F)c1. The lowest BCUT2D eigenvalue weighted by atomic mass is 10.1. The van der Waals surface area contributed by atoms with Crippen molar-refractivity contribution in [3.8, 4) is 5.75 Å². The van der Waals surface area contributed by atoms with Crippen molar-refractivity contribution in [3.63, 3.8) is 0 Å². The molecule has 0 atom stereocenters. The summed E-state index contributed by atoms with van der Waals surface area (Å²) in [7, 11) is 0. The fourth-order valence-corrected chi connectivity index (χ4v) is 1.64. The Morgan fingerprint density at radius 1 is 1.14 bits per heavy atom. The molecule has 0 spiro atoms. The minimum absolute atomic E-state index is 0.0703. The molecule has 0 saturated carbocycles. The third-order valence-electron chi connectivity index (χ3n) is 2.71. The standard InChI is InChI=1S/C15H21F4NO/c1-14(2,3)20-10-11-5-6-13(21-8-4-7-16)12(9-11)15(17,18)19/h5-6,9,20H,4,7-8,10H2,1-3H3. The van der Waals surface area contributed by atoms with Crippen LogP contribution in [0.3, 0.4) is 0 Å². The monoisotopic (exact) mass is 307 g/mol. The molecule has 1 aromatic carbocycles. The van der Waals surface area contributed by atoms with E-state index in [-0.39, 0.29) is 24.3 Å². The van der Waals surface area contributed by atoms with E-state index in [9.17, 15) is 17.6 Å². The minimum atomic E-state index is -4.50. The molecule has 21 heavy (non-hydrogen) atoms. The summed E-state index contributed by atoms with van der Waals surface area (Å²) < 4.78 is 56.1. The van der Waals surface area contributed by atoms with Crippen LogP contribution < -0.4 is 10.1 Å². The molecule has 0 bridgehead atoms. The van der Waals surface area contributed by atoms with Gasteiger partial charge in [0.2, 0.25) is 0 Å². The molecular weight excluding hydrogens is 286 g/mol. The highest BCUT2D eigenvalue weighted by atomic mass is 19.4. The van der Waals surface area contributed by atoms with Gasteiger partial charge in [0.05, 0.1) is 18.8 Å². The van der Waals surface area contributed by atoms with Gasteiger partial charge in [-0.1, -0.05) is 6.07 Å². The normalized spacial score (nSPS) is 12.5. The average Bonchev–Trinajstić information content (AvgIpc) is 2.35. The van der Waals surface area contributed by atoms with Gasteiger partial charge in [-0.05, 0) is 38.5 Å². The summed E-state index contributed by atoms with van der Waals surface area (Å²) in [4.78, 5) is 0. The van der Waals surface area contributed by atoms with E-state index in [1.54, 1.807) is 6.07 Å². The van der Waals surface area contributed by atoms with Crippen LogP contribution in [0.1, 0.15) is 38.3 Å². The molecule has 0 unspecified atom stereocenters. The number of ether oxygens (including phenoxy) is 1. The Kier molecular flexibility index (Phi) is 6.01. The molecule has 1 rings (SSSR count). The molecule has 0 aromatic heterocycles. The van der Waals surface area contributed by atoms with Crippen LogP contribution in [-0.2, 0) is 12.7 Å². The van der Waals surface area contributed by atoms with Gasteiger partial charge in [-0.3, -0.25) is 4.39 Å². The van der Waals surface area contributed by atoms with Crippen LogP contribution in [0.5, 0.6) is 5.75 Å². The summed E-state index contributed by atoms with van der Waals surface area (Å²) in [6.45, 7) is 5.45. The highest BCUT2D eigenvalue weighted by Crippen LogP contribution is 2.37. The van der Waals surface area contributed by atoms with Gasteiger partial charge in [0, 0.05) is 18.5 Å². The second-order valence-electron chi connectivity index (χ2n) is 5.82. The first kappa shape index (κ1) is 17.8. The molecular formula is C15H21F4NO. The molecule has 0 fully saturated rings. The number of nitrogens with one attached hydrogen (secondary N) is 1. The quantitative estimate of drug-likeness (QED) is 0.624. The molecule has 0 radical (unpaired) electrons. The van der Waals surface area contributed by atoms with Crippen LogP contribution in [0.4, 0.5) is 17.6 Å². The first-order valence-corrected chi connectivity index (χ1v) is 6.77. The number of hydrogen-bond acceptors (Lipinski definition) is 2. The molecule has 0 saturated heterocycles. The number of alkyl halides is 4. The van der Waals surface area contributed by atoms with Crippen molar-refractivity contribution in [2.75, 3.05) is 13.3 Å². The molecule has 2 nitrogen and oxygen atoms in total. The first-order chi connectivity index (χ1) is 9.63. The van der Waals surface area contributed by atoms with Crippen molar-refractivity contribution in [3.05, 3.63) is 29.3 Å². The molecule has 6 heteroatoms. The highest BCUT2D eigenvalue weighted by Gasteiger charge is 2.34. The van der Waals surface area contributed by atoms with E-state index in [4.69, 9.17) is 4.74 Å². The van der Waals surface area contributed by atoms with Crippen molar-refractivity contribution in [2.45, 2.75) is 45.5 Å². The molecule has 0 aliphatic heterocycles. The summed E-state index contributed by atoms with van der Waals surface area (Å²) in [5, 5.41) is 3.13. The summed E-state index contributed by atoms with van der Waals surface area (Å²) in [5.74, 6) is -0.254. The Morgan fingerprint density at radius 2 is 1.81 bits per heavy atom. The maximum absolute atomic E-state index is 13.0. The Balaban J connectivity index is 2.91. The minimum Gasteiger partial charge on any atom is -0.493 e. The van der Waals surface area contributed by atoms with Gasteiger partial charge in [0.25, 0.3) is 0 Å². The van der Waals surface area contributed by atoms with E-state index in [0.29, 0.717) is 12.1 Å². The Labute approximate surface area is 122 Å². The molecule has 1 N–H and O–H groups in total. The van der Waals surface area contributed by atoms with Gasteiger partial charge in [-0.25, -0.2) is 0 Å². The van der Waals surface area contributed by atoms with Crippen molar-refractivity contribution < 1.29 is 22.3 Å². The fraction of sp³-hybridized carbons (Fsp3) is 0.600. The summed E-state index contributed by atoms with van der Waals surface area (Å²) in [6, 6.07) is 3.95. The molecule has 0 amide bonds. The highest BCUT2D eigenvalue weighted by molar-refractivity contribution is 5.39. The van der Waals surface area contributed by atoms with Crippen LogP contribution in [0, 0.1) is 0 Å². The largest absolute Gasteiger partial charge is 0.493 e. The molecule has 0 aliphatic carbocycles. The van der Waals surface area contributed by atoms with Crippen molar-refractivity contribution >= 4 is 0 Å². The lowest BCUT2D eigenvalue weighted by molar-refractivity contribution is -0.139. The third-order valence-corrected chi connectivity index (χ3v) is 2.71. The summed E-state index contributed by atoms with van der Waals surface area (Å²) >= 11 is 0. The molecule has 0 heterocycles. The van der Waals surface area contributed by atoms with Crippen LogP contribution in [-0.4, -0.2) is 18.8 Å². The number of halogens is 4. The number of hydrogen-bond donors (Lipinski definition) is 1. The van der Waals surface area contributed by atoms with Crippen LogP contribution >= 0.6 is 0 Å². The predicted molar refractivity (Wildman–Crippen MR) is 74.1 cm³/mol. The van der Waals surface area contributed by atoms with E-state index < -0.39 is 18.4 Å². The predicted octanol–water partition coefficient (Wildman–Crippen LogP) is 4.33. The zero-order valence-electron chi connectivity index (χ0n) is 12.5. The fourth-order valence-electron chi connectivity index (χ4n) is 1.64. The molecule has 0 aliphatic rings. The van der Waals surface area contributed by atoms with Crippen LogP contribution in [0.15, 0.2) is 18.2 Å². The summed E-state index contributed by atoms with van der Waals surface area (Å²) in [6.07, 6.45) is -4.42. The van der Waals surface area contributed by atoms with Crippen molar-refractivity contribution in [1.82, 2.24) is 5.32 Å². The second-order valence-corrected chi connectivity index (χ2v) is 5.82. The second kappa shape index (κ2) is 7.11. The average molecular weight is 307 g/mol.